The number of carbonyl (C=O) groups excluding carboxylic acids is 3. The maximum Gasteiger partial charge on any atom is 0.407 e. The second-order valence-corrected chi connectivity index (χ2v) is 14.0. The number of fused-ring (bicyclic) bond motifs is 2. The van der Waals surface area contributed by atoms with Crippen LogP contribution in [-0.4, -0.2) is 68.6 Å². The van der Waals surface area contributed by atoms with Crippen LogP contribution in [0.1, 0.15) is 61.5 Å². The number of benzene rings is 3. The van der Waals surface area contributed by atoms with Crippen LogP contribution in [0.2, 0.25) is 0 Å². The van der Waals surface area contributed by atoms with Crippen molar-refractivity contribution in [2.24, 2.45) is 5.41 Å². The van der Waals surface area contributed by atoms with E-state index < -0.39 is 53.6 Å². The van der Waals surface area contributed by atoms with Crippen molar-refractivity contribution in [2.45, 2.75) is 63.8 Å². The summed E-state index contributed by atoms with van der Waals surface area (Å²) in [6.07, 6.45) is 8.02. The largest absolute Gasteiger partial charge is 0.453 e. The number of amides is 3. The molecular formula is C41H45N5O6. The monoisotopic (exact) mass is 703 g/mol. The Morgan fingerprint density at radius 3 is 2.21 bits per heavy atom. The summed E-state index contributed by atoms with van der Waals surface area (Å²) in [6, 6.07) is 26.7. The number of nitrogens with zero attached hydrogens (tertiary/aromatic N) is 3. The summed E-state index contributed by atoms with van der Waals surface area (Å²) in [7, 11) is 1.20. The first-order valence-corrected chi connectivity index (χ1v) is 17.1. The van der Waals surface area contributed by atoms with Gasteiger partial charge < -0.3 is 15.2 Å². The fourth-order valence-electron chi connectivity index (χ4n) is 6.37. The molecule has 2 aliphatic carbocycles. The number of hydroxylamine groups is 2. The minimum absolute atomic E-state index is 0.195. The van der Waals surface area contributed by atoms with Crippen LogP contribution in [0.5, 0.6) is 0 Å². The van der Waals surface area contributed by atoms with Crippen molar-refractivity contribution in [1.82, 2.24) is 25.8 Å². The number of pyridine rings is 1. The molecule has 6 rings (SSSR count). The molecule has 4 N–H and O–H groups in total. The molecule has 11 nitrogen and oxygen atoms in total. The first-order chi connectivity index (χ1) is 24.8. The minimum atomic E-state index is -2.27. The number of alkyl carbamates (subject to hydrolysis) is 1. The lowest BCUT2D eigenvalue weighted by Gasteiger charge is -2.40. The molecule has 1 heterocycles. The number of hydrogen-bond acceptors (Lipinski definition) is 8. The molecule has 3 aromatic rings. The Hall–Kier alpha value is -5.54. The number of hydrogen-bond donors (Lipinski definition) is 4. The molecule has 270 valence electrons. The number of aliphatic hydroxyl groups is 1. The molecule has 3 aliphatic rings. The van der Waals surface area contributed by atoms with Gasteiger partial charge in [-0.25, -0.2) is 9.86 Å². The molecule has 3 amide bonds. The second kappa shape index (κ2) is 16.2. The van der Waals surface area contributed by atoms with Crippen molar-refractivity contribution in [3.8, 4) is 23.6 Å². The fraction of sp³-hybridized carbons (Fsp3) is 0.317. The molecule has 0 fully saturated rings. The maximum absolute atomic E-state index is 14.3. The lowest BCUT2D eigenvalue weighted by Crippen LogP contribution is -2.62. The lowest BCUT2D eigenvalue weighted by molar-refractivity contribution is -0.199. The van der Waals surface area contributed by atoms with Gasteiger partial charge in [0.05, 0.1) is 25.4 Å². The Labute approximate surface area is 304 Å². The number of hydrazine groups is 1. The van der Waals surface area contributed by atoms with Gasteiger partial charge in [0, 0.05) is 18.2 Å². The molecule has 3 aromatic carbocycles. The van der Waals surface area contributed by atoms with E-state index >= 15 is 0 Å². The smallest absolute Gasteiger partial charge is 0.407 e. The molecule has 1 aliphatic heterocycles. The number of carbonyl (C=O) groups is 3. The van der Waals surface area contributed by atoms with E-state index in [1.165, 1.54) is 23.4 Å². The highest BCUT2D eigenvalue weighted by Crippen LogP contribution is 2.37. The zero-order valence-corrected chi connectivity index (χ0v) is 29.8. The van der Waals surface area contributed by atoms with E-state index in [-0.39, 0.29) is 6.42 Å². The zero-order valence-electron chi connectivity index (χ0n) is 29.8. The van der Waals surface area contributed by atoms with Gasteiger partial charge in [0.2, 0.25) is 0 Å². The summed E-state index contributed by atoms with van der Waals surface area (Å²) in [6.45, 7) is 4.81. The summed E-state index contributed by atoms with van der Waals surface area (Å²) in [4.78, 5) is 44.3. The van der Waals surface area contributed by atoms with Crippen LogP contribution in [0.15, 0.2) is 103 Å². The van der Waals surface area contributed by atoms with E-state index in [4.69, 9.17) is 11.2 Å². The number of ether oxygens (including phenoxy) is 1. The van der Waals surface area contributed by atoms with Gasteiger partial charge in [0.1, 0.15) is 12.1 Å². The van der Waals surface area contributed by atoms with Crippen molar-refractivity contribution in [3.05, 3.63) is 126 Å². The van der Waals surface area contributed by atoms with Gasteiger partial charge >= 0.3 is 6.09 Å². The summed E-state index contributed by atoms with van der Waals surface area (Å²) in [5, 5.41) is 28.3. The average Bonchev–Trinajstić information content (AvgIpc) is 3.50. The molecule has 0 radical (unpaired) electrons. The molecule has 0 spiro atoms. The molecule has 0 saturated carbocycles. The normalized spacial score (nSPS) is 16.1. The predicted molar refractivity (Wildman–Crippen MR) is 196 cm³/mol. The third kappa shape index (κ3) is 9.03. The van der Waals surface area contributed by atoms with Crippen LogP contribution < -0.4 is 10.7 Å². The Morgan fingerprint density at radius 1 is 1.00 bits per heavy atom. The highest BCUT2D eigenvalue weighted by atomic mass is 16.5. The predicted octanol–water partition coefficient (Wildman–Crippen LogP) is 5.41. The van der Waals surface area contributed by atoms with Crippen molar-refractivity contribution in [2.75, 3.05) is 13.7 Å². The van der Waals surface area contributed by atoms with Gasteiger partial charge in [-0.05, 0) is 52.6 Å². The van der Waals surface area contributed by atoms with Gasteiger partial charge in [0.15, 0.2) is 5.60 Å². The maximum atomic E-state index is 14.3. The van der Waals surface area contributed by atoms with Crippen LogP contribution in [0.4, 0.5) is 4.79 Å². The average molecular weight is 704 g/mol. The highest BCUT2D eigenvalue weighted by molar-refractivity contribution is 5.87. The van der Waals surface area contributed by atoms with Crippen LogP contribution >= 0.6 is 0 Å². The molecule has 4 atom stereocenters. The van der Waals surface area contributed by atoms with Gasteiger partial charge in [-0.15, -0.1) is 6.42 Å². The van der Waals surface area contributed by atoms with E-state index in [1.54, 1.807) is 69.3 Å². The van der Waals surface area contributed by atoms with Gasteiger partial charge in [-0.2, -0.15) is 5.01 Å². The Balaban J connectivity index is 0.000000776. The van der Waals surface area contributed by atoms with Gasteiger partial charge in [-0.3, -0.25) is 25.2 Å². The molecule has 0 bridgehead atoms. The second-order valence-electron chi connectivity index (χ2n) is 14.0. The molecule has 2 unspecified atom stereocenters. The van der Waals surface area contributed by atoms with E-state index in [9.17, 15) is 24.7 Å². The van der Waals surface area contributed by atoms with E-state index in [2.05, 4.69) is 27.7 Å². The number of terminal acetylenes is 1. The highest BCUT2D eigenvalue weighted by Gasteiger charge is 2.46. The van der Waals surface area contributed by atoms with E-state index in [1.807, 2.05) is 48.7 Å². The molecule has 52 heavy (non-hydrogen) atoms. The summed E-state index contributed by atoms with van der Waals surface area (Å²) in [5.41, 5.74) is 5.31. The number of methoxy groups -OCH3 is 1. The van der Waals surface area contributed by atoms with E-state index in [0.29, 0.717) is 29.0 Å². The number of aromatic nitrogens is 1. The lowest BCUT2D eigenvalue weighted by atomic mass is 9.86. The first-order valence-electron chi connectivity index (χ1n) is 17.1. The molecule has 0 aromatic heterocycles. The standard InChI is InChI=1S/C36H42N4O6.C5H3N/c1-6-29(27-18-11-8-12-19-27)39(38-32(41)31(35(2,3)4)37-34(43)46-5)24-36(44,23-25-15-9-7-10-16-25)33(42)40(45)30-22-21-26-17-13-14-20-28(26)30;1-2-6-5-3-4(1)5/h1,7-20,29-31,44-45H,21-24H2,2-5H3,(H,37,43)(H,38,41);1-3H/t29?,30?,31-,36+;/m1./s1. The van der Waals surface area contributed by atoms with E-state index in [0.717, 1.165) is 11.1 Å². The molecule has 11 heteroatoms. The SMILES string of the molecule is C#CC(c1ccccc1)N(C[C@@](O)(Cc1ccccc1)C(=O)N(O)C1CCc2ccccc21)NC(=O)[C@@H](NC(=O)OC)C(C)(C)C.c1cc2cc-2n1. The Morgan fingerprint density at radius 2 is 1.65 bits per heavy atom. The van der Waals surface area contributed by atoms with Crippen LogP contribution in [0.25, 0.3) is 11.3 Å². The van der Waals surface area contributed by atoms with Crippen LogP contribution in [0, 0.1) is 17.8 Å². The Bertz CT molecular complexity index is 1890. The zero-order chi connectivity index (χ0) is 37.5. The van der Waals surface area contributed by atoms with Crippen molar-refractivity contribution in [1.29, 1.82) is 0 Å². The summed E-state index contributed by atoms with van der Waals surface area (Å²) in [5.74, 6) is 1.09. The third-order valence-electron chi connectivity index (χ3n) is 9.16. The first kappa shape index (κ1) is 37.7. The van der Waals surface area contributed by atoms with Crippen LogP contribution in [0.3, 0.4) is 0 Å². The van der Waals surface area contributed by atoms with Gasteiger partial charge in [-0.1, -0.05) is 112 Å². The number of nitrogens with one attached hydrogen (secondary N) is 2. The van der Waals surface area contributed by atoms with Gasteiger partial charge in [0.25, 0.3) is 11.8 Å². The van der Waals surface area contributed by atoms with Crippen molar-refractivity contribution in [3.63, 3.8) is 0 Å². The number of aryl methyl sites for hydroxylation is 1. The fourth-order valence-corrected chi connectivity index (χ4v) is 6.37. The quantitative estimate of drug-likeness (QED) is 0.0813. The number of rotatable bonds is 11. The molecular weight excluding hydrogens is 658 g/mol. The molecule has 0 saturated heterocycles. The van der Waals surface area contributed by atoms with Crippen molar-refractivity contribution < 1.29 is 29.4 Å². The third-order valence-corrected chi connectivity index (χ3v) is 9.16. The topological polar surface area (TPSA) is 144 Å². The summed E-state index contributed by atoms with van der Waals surface area (Å²) >= 11 is 0. The summed E-state index contributed by atoms with van der Waals surface area (Å²) < 4.78 is 4.75. The minimum Gasteiger partial charge on any atom is -0.453 e. The Kier molecular flexibility index (Phi) is 11.8. The van der Waals surface area contributed by atoms with Crippen LogP contribution in [-0.2, 0) is 27.2 Å². The van der Waals surface area contributed by atoms with Crippen molar-refractivity contribution >= 4 is 17.9 Å².